The second kappa shape index (κ2) is 9.39. The van der Waals surface area contributed by atoms with Crippen molar-refractivity contribution < 1.29 is 17.6 Å². The molecule has 2 aromatic carbocycles. The summed E-state index contributed by atoms with van der Waals surface area (Å²) in [7, 11) is -3.36. The average molecular weight is 518 g/mol. The Labute approximate surface area is 211 Å². The fourth-order valence-corrected chi connectivity index (χ4v) is 4.19. The van der Waals surface area contributed by atoms with E-state index >= 15 is 0 Å². The topological polar surface area (TPSA) is 132 Å². The van der Waals surface area contributed by atoms with Gasteiger partial charge in [-0.15, -0.1) is 0 Å². The Balaban J connectivity index is 1.58. The molecule has 5 aromatic rings. The van der Waals surface area contributed by atoms with Gasteiger partial charge in [0.15, 0.2) is 26.8 Å². The number of pyridine rings is 1. The van der Waals surface area contributed by atoms with Crippen LogP contribution in [0.4, 0.5) is 21.8 Å². The van der Waals surface area contributed by atoms with E-state index in [0.717, 1.165) is 11.9 Å². The summed E-state index contributed by atoms with van der Waals surface area (Å²) in [5, 5.41) is 5.77. The predicted octanol–water partition coefficient (Wildman–Crippen LogP) is 4.06. The van der Waals surface area contributed by atoms with Crippen LogP contribution in [0.15, 0.2) is 78.1 Å². The van der Waals surface area contributed by atoms with Crippen LogP contribution in [0.3, 0.4) is 0 Å². The zero-order chi connectivity index (χ0) is 26.2. The quantitative estimate of drug-likeness (QED) is 0.345. The molecule has 0 saturated carbocycles. The van der Waals surface area contributed by atoms with Crippen LogP contribution in [0.2, 0.25) is 0 Å². The second-order valence-electron chi connectivity index (χ2n) is 8.23. The first-order valence-corrected chi connectivity index (χ1v) is 12.9. The molecule has 1 amide bonds. The van der Waals surface area contributed by atoms with Crippen molar-refractivity contribution in [1.29, 1.82) is 0 Å². The summed E-state index contributed by atoms with van der Waals surface area (Å²) in [6.45, 7) is 1.81. The highest BCUT2D eigenvalue weighted by molar-refractivity contribution is 7.90. The Morgan fingerprint density at radius 3 is 2.46 bits per heavy atom. The Bertz CT molecular complexity index is 1740. The van der Waals surface area contributed by atoms with Gasteiger partial charge in [-0.05, 0) is 61.5 Å². The lowest BCUT2D eigenvalue weighted by Gasteiger charge is -2.11. The molecule has 0 bridgehead atoms. The van der Waals surface area contributed by atoms with E-state index in [0.29, 0.717) is 28.1 Å². The molecule has 0 fully saturated rings. The number of fused-ring (bicyclic) bond motifs is 1. The minimum Gasteiger partial charge on any atom is -0.338 e. The summed E-state index contributed by atoms with van der Waals surface area (Å²) >= 11 is 0. The summed E-state index contributed by atoms with van der Waals surface area (Å²) in [6.07, 6.45) is 4.05. The number of aryl methyl sites for hydroxylation is 1. The molecule has 0 spiro atoms. The number of hydrogen-bond donors (Lipinski definition) is 2. The highest BCUT2D eigenvalue weighted by Crippen LogP contribution is 2.27. The highest BCUT2D eigenvalue weighted by Gasteiger charge is 2.17. The van der Waals surface area contributed by atoms with Crippen LogP contribution in [0, 0.1) is 12.7 Å². The SMILES string of the molecule is Cc1ccc(C(=O)Nc2nc(Nc3ccc(S(C)(=O)=O)cc3)c3ncn(-c4cccc(F)c4)c3n2)cn1. The van der Waals surface area contributed by atoms with Crippen LogP contribution in [-0.4, -0.2) is 45.1 Å². The number of amides is 1. The number of nitrogens with one attached hydrogen (secondary N) is 2. The van der Waals surface area contributed by atoms with E-state index in [-0.39, 0.29) is 16.7 Å². The Morgan fingerprint density at radius 2 is 1.78 bits per heavy atom. The van der Waals surface area contributed by atoms with Crippen molar-refractivity contribution in [1.82, 2.24) is 24.5 Å². The maximum Gasteiger partial charge on any atom is 0.259 e. The van der Waals surface area contributed by atoms with Gasteiger partial charge in [0.25, 0.3) is 5.91 Å². The van der Waals surface area contributed by atoms with Crippen molar-refractivity contribution in [3.63, 3.8) is 0 Å². The molecule has 0 unspecified atom stereocenters. The van der Waals surface area contributed by atoms with E-state index in [2.05, 4.69) is 30.6 Å². The number of aromatic nitrogens is 5. The summed E-state index contributed by atoms with van der Waals surface area (Å²) in [6, 6.07) is 15.4. The van der Waals surface area contributed by atoms with E-state index in [1.807, 2.05) is 6.92 Å². The molecule has 10 nitrogen and oxygen atoms in total. The monoisotopic (exact) mass is 517 g/mol. The number of halogens is 1. The summed E-state index contributed by atoms with van der Waals surface area (Å²) in [4.78, 5) is 30.4. The molecule has 0 atom stereocenters. The maximum atomic E-state index is 13.9. The average Bonchev–Trinajstić information content (AvgIpc) is 3.28. The van der Waals surface area contributed by atoms with Gasteiger partial charge in [-0.25, -0.2) is 17.8 Å². The summed E-state index contributed by atoms with van der Waals surface area (Å²) in [5.74, 6) is -0.665. The van der Waals surface area contributed by atoms with Gasteiger partial charge in [-0.3, -0.25) is 19.7 Å². The minimum absolute atomic E-state index is 0.0218. The second-order valence-corrected chi connectivity index (χ2v) is 10.2. The number of sulfone groups is 1. The van der Waals surface area contributed by atoms with Gasteiger partial charge in [0.2, 0.25) is 5.95 Å². The Kier molecular flexibility index (Phi) is 6.09. The third-order valence-electron chi connectivity index (χ3n) is 5.43. The third-order valence-corrected chi connectivity index (χ3v) is 6.56. The van der Waals surface area contributed by atoms with Crippen LogP contribution < -0.4 is 10.6 Å². The molecular weight excluding hydrogens is 497 g/mol. The van der Waals surface area contributed by atoms with Crippen molar-refractivity contribution >= 4 is 44.4 Å². The van der Waals surface area contributed by atoms with Gasteiger partial charge in [0.1, 0.15) is 12.1 Å². The molecule has 3 heterocycles. The van der Waals surface area contributed by atoms with Crippen LogP contribution in [0.1, 0.15) is 16.1 Å². The number of hydrogen-bond acceptors (Lipinski definition) is 8. The van der Waals surface area contributed by atoms with Gasteiger partial charge in [0.05, 0.1) is 16.1 Å². The predicted molar refractivity (Wildman–Crippen MR) is 136 cm³/mol. The molecule has 5 rings (SSSR count). The molecule has 37 heavy (non-hydrogen) atoms. The zero-order valence-electron chi connectivity index (χ0n) is 19.7. The molecular formula is C25H20FN7O3S. The van der Waals surface area contributed by atoms with E-state index in [1.54, 1.807) is 41.0 Å². The Hall–Kier alpha value is -4.71. The molecule has 3 aromatic heterocycles. The lowest BCUT2D eigenvalue weighted by atomic mass is 10.2. The van der Waals surface area contributed by atoms with Gasteiger partial charge >= 0.3 is 0 Å². The fraction of sp³-hybridized carbons (Fsp3) is 0.0800. The summed E-state index contributed by atoms with van der Waals surface area (Å²) in [5.41, 5.74) is 2.76. The number of carbonyl (C=O) groups excluding carboxylic acids is 1. The first-order valence-electron chi connectivity index (χ1n) is 11.0. The van der Waals surface area contributed by atoms with Crippen molar-refractivity contribution in [2.24, 2.45) is 0 Å². The van der Waals surface area contributed by atoms with E-state index in [1.165, 1.54) is 36.8 Å². The normalized spacial score (nSPS) is 11.4. The number of benzene rings is 2. The highest BCUT2D eigenvalue weighted by atomic mass is 32.2. The van der Waals surface area contributed by atoms with Gasteiger partial charge < -0.3 is 5.32 Å². The molecule has 0 aliphatic heterocycles. The van der Waals surface area contributed by atoms with Gasteiger partial charge in [-0.1, -0.05) is 6.07 Å². The number of rotatable bonds is 6. The van der Waals surface area contributed by atoms with E-state index in [9.17, 15) is 17.6 Å². The van der Waals surface area contributed by atoms with Crippen LogP contribution in [0.25, 0.3) is 16.9 Å². The lowest BCUT2D eigenvalue weighted by Crippen LogP contribution is -2.15. The van der Waals surface area contributed by atoms with Crippen molar-refractivity contribution in [2.75, 3.05) is 16.9 Å². The minimum atomic E-state index is -3.36. The van der Waals surface area contributed by atoms with Gasteiger partial charge in [-0.2, -0.15) is 9.97 Å². The standard InChI is InChI=1S/C25H20FN7O3S/c1-15-6-7-16(13-27-15)24(34)32-25-30-22(29-18-8-10-20(11-9-18)37(2,35)36)21-23(31-25)33(14-28-21)19-5-3-4-17(26)12-19/h3-14H,1-2H3,(H2,29,30,31,32,34). The number of imidazole rings is 1. The lowest BCUT2D eigenvalue weighted by molar-refractivity contribution is 0.102. The fourth-order valence-electron chi connectivity index (χ4n) is 3.56. The Morgan fingerprint density at radius 1 is 1.00 bits per heavy atom. The first kappa shape index (κ1) is 24.0. The van der Waals surface area contributed by atoms with E-state index < -0.39 is 21.6 Å². The molecule has 0 radical (unpaired) electrons. The molecule has 0 aliphatic rings. The maximum absolute atomic E-state index is 13.9. The van der Waals surface area contributed by atoms with Crippen LogP contribution in [0.5, 0.6) is 0 Å². The molecule has 2 N–H and O–H groups in total. The van der Waals surface area contributed by atoms with Gasteiger partial charge in [0, 0.05) is 23.8 Å². The number of nitrogens with zero attached hydrogens (tertiary/aromatic N) is 5. The van der Waals surface area contributed by atoms with Crippen molar-refractivity contribution in [3.8, 4) is 5.69 Å². The molecule has 0 aliphatic carbocycles. The summed E-state index contributed by atoms with van der Waals surface area (Å²) < 4.78 is 39.1. The van der Waals surface area contributed by atoms with Crippen molar-refractivity contribution in [2.45, 2.75) is 11.8 Å². The molecule has 12 heteroatoms. The molecule has 0 saturated heterocycles. The smallest absolute Gasteiger partial charge is 0.259 e. The van der Waals surface area contributed by atoms with E-state index in [4.69, 9.17) is 0 Å². The number of anilines is 3. The molecule has 186 valence electrons. The van der Waals surface area contributed by atoms with Crippen molar-refractivity contribution in [3.05, 3.63) is 90.3 Å². The first-order chi connectivity index (χ1) is 17.7. The largest absolute Gasteiger partial charge is 0.338 e. The zero-order valence-corrected chi connectivity index (χ0v) is 20.5. The van der Waals surface area contributed by atoms with Crippen LogP contribution in [-0.2, 0) is 9.84 Å². The third kappa shape index (κ3) is 5.14. The van der Waals surface area contributed by atoms with Crippen LogP contribution >= 0.6 is 0 Å². The number of carbonyl (C=O) groups is 1.